The number of ketones is 1. The van der Waals surface area contributed by atoms with E-state index in [4.69, 9.17) is 9.47 Å². The molecule has 1 aromatic rings. The average molecular weight is 246 g/mol. The molecule has 3 rings (SSSR count). The minimum atomic E-state index is -0.180. The number of para-hydroxylation sites is 2. The monoisotopic (exact) mass is 246 g/mol. The van der Waals surface area contributed by atoms with Crippen molar-refractivity contribution in [3.63, 3.8) is 0 Å². The van der Waals surface area contributed by atoms with E-state index in [0.29, 0.717) is 12.2 Å². The largest absolute Gasteiger partial charge is 0.493 e. The molecule has 18 heavy (non-hydrogen) atoms. The Hall–Kier alpha value is -1.51. The summed E-state index contributed by atoms with van der Waals surface area (Å²) in [5.74, 6) is 1.88. The quantitative estimate of drug-likeness (QED) is 0.822. The number of methoxy groups -OCH3 is 1. The summed E-state index contributed by atoms with van der Waals surface area (Å²) in [5, 5.41) is 0. The Bertz CT molecular complexity index is 461. The van der Waals surface area contributed by atoms with Crippen LogP contribution >= 0.6 is 0 Å². The highest BCUT2D eigenvalue weighted by atomic mass is 16.5. The van der Waals surface area contributed by atoms with Crippen LogP contribution in [0.1, 0.15) is 32.1 Å². The van der Waals surface area contributed by atoms with E-state index in [1.54, 1.807) is 7.11 Å². The van der Waals surface area contributed by atoms with E-state index in [1.165, 1.54) is 0 Å². The predicted molar refractivity (Wildman–Crippen MR) is 67.9 cm³/mol. The van der Waals surface area contributed by atoms with Crippen LogP contribution < -0.4 is 9.47 Å². The summed E-state index contributed by atoms with van der Waals surface area (Å²) in [6, 6.07) is 7.64. The van der Waals surface area contributed by atoms with E-state index in [1.807, 2.05) is 24.3 Å². The Morgan fingerprint density at radius 1 is 1.17 bits per heavy atom. The van der Waals surface area contributed by atoms with Gasteiger partial charge >= 0.3 is 0 Å². The first-order valence-electron chi connectivity index (χ1n) is 6.59. The molecule has 0 radical (unpaired) electrons. The topological polar surface area (TPSA) is 35.5 Å². The lowest BCUT2D eigenvalue weighted by molar-refractivity contribution is -0.151. The standard InChI is InChI=1S/C15H18O3/c1-17-11-6-2-3-7-12(11)18-14-10-13(16)15(14)8-4-5-9-15/h2-3,6-7,14H,4-5,8-10H2,1H3. The molecule has 96 valence electrons. The molecule has 0 amide bonds. The molecule has 2 aliphatic carbocycles. The summed E-state index contributed by atoms with van der Waals surface area (Å²) in [6.07, 6.45) is 4.88. The van der Waals surface area contributed by atoms with Crippen LogP contribution in [0.4, 0.5) is 0 Å². The van der Waals surface area contributed by atoms with Crippen LogP contribution in [-0.4, -0.2) is 19.0 Å². The maximum atomic E-state index is 11.9. The van der Waals surface area contributed by atoms with Crippen LogP contribution in [0.15, 0.2) is 24.3 Å². The number of hydrogen-bond acceptors (Lipinski definition) is 3. The fourth-order valence-electron chi connectivity index (χ4n) is 3.25. The van der Waals surface area contributed by atoms with Gasteiger partial charge in [-0.1, -0.05) is 25.0 Å². The van der Waals surface area contributed by atoms with Gasteiger partial charge in [-0.2, -0.15) is 0 Å². The summed E-state index contributed by atoms with van der Waals surface area (Å²) < 4.78 is 11.3. The summed E-state index contributed by atoms with van der Waals surface area (Å²) >= 11 is 0. The van der Waals surface area contributed by atoms with Gasteiger partial charge in [0.15, 0.2) is 11.5 Å². The lowest BCUT2D eigenvalue weighted by atomic mass is 9.63. The molecule has 2 aliphatic rings. The zero-order valence-electron chi connectivity index (χ0n) is 10.6. The first-order valence-corrected chi connectivity index (χ1v) is 6.59. The number of carbonyl (C=O) groups excluding carboxylic acids is 1. The van der Waals surface area contributed by atoms with E-state index in [0.717, 1.165) is 37.2 Å². The Kier molecular flexibility index (Phi) is 2.77. The average Bonchev–Trinajstić information content (AvgIpc) is 2.91. The Morgan fingerprint density at radius 2 is 1.83 bits per heavy atom. The first kappa shape index (κ1) is 11.6. The maximum Gasteiger partial charge on any atom is 0.161 e. The molecule has 2 saturated carbocycles. The van der Waals surface area contributed by atoms with Gasteiger partial charge in [-0.25, -0.2) is 0 Å². The normalized spacial score (nSPS) is 24.9. The van der Waals surface area contributed by atoms with Crippen molar-refractivity contribution in [2.24, 2.45) is 5.41 Å². The van der Waals surface area contributed by atoms with Crippen LogP contribution in [0.2, 0.25) is 0 Å². The van der Waals surface area contributed by atoms with E-state index in [-0.39, 0.29) is 11.5 Å². The van der Waals surface area contributed by atoms with Gasteiger partial charge in [0.25, 0.3) is 0 Å². The molecule has 0 aromatic heterocycles. The van der Waals surface area contributed by atoms with Crippen molar-refractivity contribution >= 4 is 5.78 Å². The van der Waals surface area contributed by atoms with Crippen LogP contribution in [0.5, 0.6) is 11.5 Å². The second kappa shape index (κ2) is 4.30. The van der Waals surface area contributed by atoms with Gasteiger partial charge in [0, 0.05) is 6.42 Å². The second-order valence-electron chi connectivity index (χ2n) is 5.25. The van der Waals surface area contributed by atoms with Gasteiger partial charge in [0.05, 0.1) is 12.5 Å². The molecule has 0 saturated heterocycles. The fourth-order valence-corrected chi connectivity index (χ4v) is 3.25. The summed E-state index contributed by atoms with van der Waals surface area (Å²) in [4.78, 5) is 11.9. The second-order valence-corrected chi connectivity index (χ2v) is 5.25. The van der Waals surface area contributed by atoms with E-state index >= 15 is 0 Å². The molecular weight excluding hydrogens is 228 g/mol. The smallest absolute Gasteiger partial charge is 0.161 e. The number of ether oxygens (including phenoxy) is 2. The first-order chi connectivity index (χ1) is 8.76. The third-order valence-electron chi connectivity index (χ3n) is 4.38. The van der Waals surface area contributed by atoms with E-state index in [2.05, 4.69) is 0 Å². The molecular formula is C15H18O3. The molecule has 0 N–H and O–H groups in total. The molecule has 0 heterocycles. The minimum Gasteiger partial charge on any atom is -0.493 e. The highest BCUT2D eigenvalue weighted by molar-refractivity contribution is 5.92. The van der Waals surface area contributed by atoms with Crippen LogP contribution in [0.3, 0.4) is 0 Å². The number of rotatable bonds is 3. The SMILES string of the molecule is COc1ccccc1OC1CC(=O)C12CCCC2. The van der Waals surface area contributed by atoms with Crippen molar-refractivity contribution in [1.29, 1.82) is 0 Å². The third-order valence-corrected chi connectivity index (χ3v) is 4.38. The molecule has 1 spiro atoms. The number of carbonyl (C=O) groups is 1. The fraction of sp³-hybridized carbons (Fsp3) is 0.533. The van der Waals surface area contributed by atoms with Gasteiger partial charge in [-0.15, -0.1) is 0 Å². The van der Waals surface area contributed by atoms with Crippen molar-refractivity contribution in [3.05, 3.63) is 24.3 Å². The van der Waals surface area contributed by atoms with Crippen LogP contribution in [0, 0.1) is 5.41 Å². The minimum absolute atomic E-state index is 0.0452. The molecule has 3 nitrogen and oxygen atoms in total. The third kappa shape index (κ3) is 1.61. The highest BCUT2D eigenvalue weighted by Gasteiger charge is 2.57. The zero-order valence-corrected chi connectivity index (χ0v) is 10.6. The molecule has 1 unspecified atom stereocenters. The molecule has 3 heteroatoms. The Labute approximate surface area is 107 Å². The number of hydrogen-bond donors (Lipinski definition) is 0. The summed E-state index contributed by atoms with van der Waals surface area (Å²) in [6.45, 7) is 0. The lowest BCUT2D eigenvalue weighted by Gasteiger charge is -2.44. The maximum absolute atomic E-state index is 11.9. The van der Waals surface area contributed by atoms with Crippen molar-refractivity contribution in [3.8, 4) is 11.5 Å². The van der Waals surface area contributed by atoms with Crippen molar-refractivity contribution in [1.82, 2.24) is 0 Å². The van der Waals surface area contributed by atoms with Crippen molar-refractivity contribution < 1.29 is 14.3 Å². The number of benzene rings is 1. The van der Waals surface area contributed by atoms with Gasteiger partial charge in [-0.05, 0) is 25.0 Å². The van der Waals surface area contributed by atoms with Gasteiger partial charge in [0.2, 0.25) is 0 Å². The highest BCUT2D eigenvalue weighted by Crippen LogP contribution is 2.52. The van der Waals surface area contributed by atoms with E-state index in [9.17, 15) is 4.79 Å². The summed E-state index contributed by atoms with van der Waals surface area (Å²) in [7, 11) is 1.64. The van der Waals surface area contributed by atoms with Gasteiger partial charge in [-0.3, -0.25) is 4.79 Å². The Morgan fingerprint density at radius 3 is 2.44 bits per heavy atom. The van der Waals surface area contributed by atoms with Crippen molar-refractivity contribution in [2.75, 3.05) is 7.11 Å². The Balaban J connectivity index is 1.79. The van der Waals surface area contributed by atoms with Crippen LogP contribution in [-0.2, 0) is 4.79 Å². The molecule has 2 fully saturated rings. The molecule has 0 aliphatic heterocycles. The number of Topliss-reactive ketones (excluding diaryl/α,β-unsaturated/α-hetero) is 1. The lowest BCUT2D eigenvalue weighted by Crippen LogP contribution is -2.55. The summed E-state index contributed by atoms with van der Waals surface area (Å²) in [5.41, 5.74) is -0.180. The van der Waals surface area contributed by atoms with Crippen LogP contribution in [0.25, 0.3) is 0 Å². The van der Waals surface area contributed by atoms with Gasteiger partial charge < -0.3 is 9.47 Å². The van der Waals surface area contributed by atoms with E-state index < -0.39 is 0 Å². The zero-order chi connectivity index (χ0) is 12.6. The van der Waals surface area contributed by atoms with Gasteiger partial charge in [0.1, 0.15) is 11.9 Å². The molecule has 1 aromatic carbocycles. The molecule has 0 bridgehead atoms. The molecule has 1 atom stereocenters. The predicted octanol–water partition coefficient (Wildman–Crippen LogP) is 2.98. The van der Waals surface area contributed by atoms with Crippen molar-refractivity contribution in [2.45, 2.75) is 38.2 Å².